The average Bonchev–Trinajstić information content (AvgIpc) is 3.55. The number of aromatic nitrogens is 4. The lowest BCUT2D eigenvalue weighted by molar-refractivity contribution is 0.0577. The van der Waals surface area contributed by atoms with Crippen molar-refractivity contribution in [1.82, 2.24) is 24.6 Å². The number of ether oxygens (including phenoxy) is 1. The summed E-state index contributed by atoms with van der Waals surface area (Å²) in [4.78, 5) is 38.8. The van der Waals surface area contributed by atoms with Gasteiger partial charge in [0.15, 0.2) is 11.4 Å². The fourth-order valence-electron chi connectivity index (χ4n) is 6.21. The Morgan fingerprint density at radius 3 is 2.49 bits per heavy atom. The minimum absolute atomic E-state index is 0.0195. The molecule has 0 spiro atoms. The second-order valence-electron chi connectivity index (χ2n) is 14.4. The first-order valence-electron chi connectivity index (χ1n) is 17.4. The number of hydrogen-bond acceptors (Lipinski definition) is 9. The first kappa shape index (κ1) is 36.4. The number of hydrogen-bond donors (Lipinski definition) is 2. The van der Waals surface area contributed by atoms with Crippen molar-refractivity contribution in [2.45, 2.75) is 96.6 Å². The van der Waals surface area contributed by atoms with Gasteiger partial charge in [-0.3, -0.25) is 14.4 Å². The smallest absolute Gasteiger partial charge is 0.416 e. The van der Waals surface area contributed by atoms with Gasteiger partial charge in [0.1, 0.15) is 17.7 Å². The maximum absolute atomic E-state index is 14.1. The number of carbonyl (C=O) groups is 2. The highest BCUT2D eigenvalue weighted by Crippen LogP contribution is 2.36. The van der Waals surface area contributed by atoms with E-state index < -0.39 is 29.7 Å². The summed E-state index contributed by atoms with van der Waals surface area (Å²) in [5.41, 5.74) is 4.79. The summed E-state index contributed by atoms with van der Waals surface area (Å²) in [7, 11) is 2.15. The van der Waals surface area contributed by atoms with E-state index in [4.69, 9.17) is 14.9 Å². The fourth-order valence-corrected chi connectivity index (χ4v) is 6.21. The number of alkyl halides is 2. The molecule has 0 aromatic carbocycles. The van der Waals surface area contributed by atoms with Crippen molar-refractivity contribution >= 4 is 23.5 Å². The van der Waals surface area contributed by atoms with Crippen LogP contribution in [0.4, 0.5) is 25.1 Å². The van der Waals surface area contributed by atoms with E-state index in [1.807, 2.05) is 0 Å². The molecule has 268 valence electrons. The molecular formula is C35H50F2N8O4. The highest BCUT2D eigenvalue weighted by Gasteiger charge is 2.32. The monoisotopic (exact) mass is 684 g/mol. The van der Waals surface area contributed by atoms with Crippen LogP contribution < -0.4 is 16.0 Å². The van der Waals surface area contributed by atoms with Gasteiger partial charge in [-0.15, -0.1) is 0 Å². The van der Waals surface area contributed by atoms with Gasteiger partial charge in [-0.25, -0.2) is 23.5 Å². The van der Waals surface area contributed by atoms with Gasteiger partial charge < -0.3 is 25.1 Å². The summed E-state index contributed by atoms with van der Waals surface area (Å²) < 4.78 is 40.9. The standard InChI is InChI=1S/C35H50F2N8O4/c1-35(2,3)49-34(47)44(20-24-8-9-24)29-18-25(14-16-39-29)33-41-28(22-48-33)32(46)40-27-21-45(42-30(27)31(36)37)26-12-10-23(11-13-26)19-43(4)17-7-5-6-15-38/h14,16,18,21-24,26,31H,5-13,15,17,19-20,38H2,1-4H3,(H,40,46)/t23-,26-. The zero-order chi connectivity index (χ0) is 35.1. The maximum atomic E-state index is 14.1. The summed E-state index contributed by atoms with van der Waals surface area (Å²) in [6, 6.07) is 3.28. The van der Waals surface area contributed by atoms with Crippen molar-refractivity contribution in [2.75, 3.05) is 43.4 Å². The number of oxazole rings is 1. The number of amides is 2. The lowest BCUT2D eigenvalue weighted by Crippen LogP contribution is -2.38. The molecule has 2 saturated carbocycles. The minimum atomic E-state index is -2.87. The Morgan fingerprint density at radius 1 is 1.10 bits per heavy atom. The number of pyridine rings is 1. The third kappa shape index (κ3) is 10.3. The van der Waals surface area contributed by atoms with Crippen LogP contribution in [-0.4, -0.2) is 75.5 Å². The highest BCUT2D eigenvalue weighted by molar-refractivity contribution is 6.03. The van der Waals surface area contributed by atoms with E-state index in [1.165, 1.54) is 23.6 Å². The van der Waals surface area contributed by atoms with Gasteiger partial charge in [-0.1, -0.05) is 6.42 Å². The number of unbranched alkanes of at least 4 members (excludes halogenated alkanes) is 2. The van der Waals surface area contributed by atoms with Crippen LogP contribution in [-0.2, 0) is 4.74 Å². The van der Waals surface area contributed by atoms with E-state index in [-0.39, 0.29) is 23.3 Å². The minimum Gasteiger partial charge on any atom is -0.444 e. The molecule has 3 N–H and O–H groups in total. The van der Waals surface area contributed by atoms with Crippen LogP contribution in [0.1, 0.15) is 107 Å². The number of nitrogens with one attached hydrogen (secondary N) is 1. The first-order chi connectivity index (χ1) is 23.4. The van der Waals surface area contributed by atoms with Gasteiger partial charge in [0, 0.05) is 31.0 Å². The summed E-state index contributed by atoms with van der Waals surface area (Å²) in [5, 5.41) is 6.77. The second-order valence-corrected chi connectivity index (χ2v) is 14.4. The molecule has 2 aliphatic carbocycles. The fraction of sp³-hybridized carbons (Fsp3) is 0.629. The number of carbonyl (C=O) groups excluding carboxylic acids is 2. The molecule has 0 unspecified atom stereocenters. The SMILES string of the molecule is CN(CCCCCN)C[C@H]1CC[C@H](n2cc(NC(=O)c3coc(-c4ccnc(N(CC5CC5)C(=O)OC(C)(C)C)c4)n3)c(C(F)F)n2)CC1. The Kier molecular flexibility index (Phi) is 12.0. The molecule has 3 aromatic rings. The summed E-state index contributed by atoms with van der Waals surface area (Å²) in [5.74, 6) is 0.717. The number of nitrogens with zero attached hydrogens (tertiary/aromatic N) is 6. The molecule has 14 heteroatoms. The average molecular weight is 685 g/mol. The molecule has 2 amide bonds. The zero-order valence-corrected chi connectivity index (χ0v) is 29.0. The van der Waals surface area contributed by atoms with Crippen LogP contribution >= 0.6 is 0 Å². The van der Waals surface area contributed by atoms with Crippen LogP contribution in [0.3, 0.4) is 0 Å². The Bertz CT molecular complexity index is 1540. The molecule has 0 bridgehead atoms. The largest absolute Gasteiger partial charge is 0.444 e. The van der Waals surface area contributed by atoms with Gasteiger partial charge in [0.2, 0.25) is 5.89 Å². The van der Waals surface area contributed by atoms with Gasteiger partial charge in [-0.05, 0) is 116 Å². The van der Waals surface area contributed by atoms with Crippen LogP contribution in [0.5, 0.6) is 0 Å². The van der Waals surface area contributed by atoms with Crippen LogP contribution in [0, 0.1) is 11.8 Å². The topological polar surface area (TPSA) is 145 Å². The lowest BCUT2D eigenvalue weighted by Gasteiger charge is -2.31. The van der Waals surface area contributed by atoms with Crippen molar-refractivity contribution in [3.8, 4) is 11.5 Å². The molecule has 0 aliphatic heterocycles. The molecule has 0 atom stereocenters. The van der Waals surface area contributed by atoms with Crippen molar-refractivity contribution in [3.63, 3.8) is 0 Å². The highest BCUT2D eigenvalue weighted by atomic mass is 19.3. The molecule has 3 aromatic heterocycles. The van der Waals surface area contributed by atoms with E-state index in [2.05, 4.69) is 32.3 Å². The van der Waals surface area contributed by atoms with E-state index in [1.54, 1.807) is 37.6 Å². The van der Waals surface area contributed by atoms with Crippen LogP contribution in [0.15, 0.2) is 35.2 Å². The normalized spacial score (nSPS) is 18.2. The summed E-state index contributed by atoms with van der Waals surface area (Å²) >= 11 is 0. The number of anilines is 2. The molecule has 12 nitrogen and oxygen atoms in total. The van der Waals surface area contributed by atoms with Crippen LogP contribution in [0.25, 0.3) is 11.5 Å². The van der Waals surface area contributed by atoms with E-state index in [0.29, 0.717) is 29.8 Å². The molecule has 49 heavy (non-hydrogen) atoms. The van der Waals surface area contributed by atoms with Crippen LogP contribution in [0.2, 0.25) is 0 Å². The Morgan fingerprint density at radius 2 is 1.82 bits per heavy atom. The van der Waals surface area contributed by atoms with Crippen molar-refractivity contribution in [2.24, 2.45) is 17.6 Å². The Hall–Kier alpha value is -3.91. The predicted octanol–water partition coefficient (Wildman–Crippen LogP) is 7.07. The quantitative estimate of drug-likeness (QED) is 0.161. The third-order valence-corrected chi connectivity index (χ3v) is 8.98. The Labute approximate surface area is 286 Å². The lowest BCUT2D eigenvalue weighted by atomic mass is 9.86. The zero-order valence-electron chi connectivity index (χ0n) is 29.0. The molecule has 2 fully saturated rings. The van der Waals surface area contributed by atoms with E-state index in [0.717, 1.165) is 77.4 Å². The predicted molar refractivity (Wildman–Crippen MR) is 183 cm³/mol. The number of halogens is 2. The molecule has 5 rings (SSSR count). The maximum Gasteiger partial charge on any atom is 0.416 e. The molecule has 0 saturated heterocycles. The second kappa shape index (κ2) is 16.2. The summed E-state index contributed by atoms with van der Waals surface area (Å²) in [6.45, 7) is 8.67. The Balaban J connectivity index is 1.22. The van der Waals surface area contributed by atoms with E-state index >= 15 is 0 Å². The first-order valence-corrected chi connectivity index (χ1v) is 17.4. The van der Waals surface area contributed by atoms with Gasteiger partial charge in [0.25, 0.3) is 12.3 Å². The van der Waals surface area contributed by atoms with Gasteiger partial charge in [0.05, 0.1) is 11.7 Å². The molecule has 3 heterocycles. The van der Waals surface area contributed by atoms with Gasteiger partial charge in [-0.2, -0.15) is 5.10 Å². The van der Waals surface area contributed by atoms with E-state index in [9.17, 15) is 18.4 Å². The molecular weight excluding hydrogens is 634 g/mol. The van der Waals surface area contributed by atoms with Crippen molar-refractivity contribution in [1.29, 1.82) is 0 Å². The van der Waals surface area contributed by atoms with Gasteiger partial charge >= 0.3 is 6.09 Å². The van der Waals surface area contributed by atoms with Crippen molar-refractivity contribution < 1.29 is 27.5 Å². The third-order valence-electron chi connectivity index (χ3n) is 8.98. The number of rotatable bonds is 15. The van der Waals surface area contributed by atoms with Crippen molar-refractivity contribution in [3.05, 3.63) is 42.2 Å². The molecule has 0 radical (unpaired) electrons. The summed E-state index contributed by atoms with van der Waals surface area (Å²) in [6.07, 6.45) is 9.83. The molecule has 2 aliphatic rings. The number of nitrogens with two attached hydrogens (primary N) is 1.